The van der Waals surface area contributed by atoms with E-state index in [0.717, 1.165) is 12.3 Å². The van der Waals surface area contributed by atoms with Gasteiger partial charge in [0.05, 0.1) is 0 Å². The summed E-state index contributed by atoms with van der Waals surface area (Å²) in [5, 5.41) is 0. The largest absolute Gasteiger partial charge is 0.103 e. The SMILES string of the molecule is C=CCC=C(C=CCCC1CCCCC1)CCC. The van der Waals surface area contributed by atoms with Crippen molar-refractivity contribution in [3.63, 3.8) is 0 Å². The third-order valence-corrected chi connectivity index (χ3v) is 3.88. The maximum atomic E-state index is 3.78. The Hall–Kier alpha value is -0.780. The molecule has 1 rings (SSSR count). The molecule has 0 heterocycles. The van der Waals surface area contributed by atoms with Crippen molar-refractivity contribution < 1.29 is 0 Å². The van der Waals surface area contributed by atoms with Crippen LogP contribution in [0.4, 0.5) is 0 Å². The van der Waals surface area contributed by atoms with Gasteiger partial charge in [-0.25, -0.2) is 0 Å². The smallest absolute Gasteiger partial charge is 0.0166 e. The predicted octanol–water partition coefficient (Wildman–Crippen LogP) is 6.21. The van der Waals surface area contributed by atoms with Gasteiger partial charge in [-0.3, -0.25) is 0 Å². The van der Waals surface area contributed by atoms with Gasteiger partial charge in [0.1, 0.15) is 0 Å². The van der Waals surface area contributed by atoms with E-state index < -0.39 is 0 Å². The van der Waals surface area contributed by atoms with Crippen LogP contribution in [-0.2, 0) is 0 Å². The Morgan fingerprint density at radius 3 is 2.67 bits per heavy atom. The molecule has 1 aliphatic carbocycles. The Balaban J connectivity index is 2.25. The van der Waals surface area contributed by atoms with E-state index in [1.807, 2.05) is 6.08 Å². The van der Waals surface area contributed by atoms with E-state index in [-0.39, 0.29) is 0 Å². The third kappa shape index (κ3) is 6.83. The first-order chi connectivity index (χ1) is 8.86. The van der Waals surface area contributed by atoms with Gasteiger partial charge in [-0.15, -0.1) is 6.58 Å². The fraction of sp³-hybridized carbons (Fsp3) is 0.667. The highest BCUT2D eigenvalue weighted by Gasteiger charge is 2.11. The molecular formula is C18H30. The van der Waals surface area contributed by atoms with E-state index in [0.29, 0.717) is 0 Å². The Morgan fingerprint density at radius 1 is 1.22 bits per heavy atom. The summed E-state index contributed by atoms with van der Waals surface area (Å²) in [5.41, 5.74) is 1.49. The maximum absolute atomic E-state index is 3.78. The van der Waals surface area contributed by atoms with Gasteiger partial charge < -0.3 is 0 Å². The van der Waals surface area contributed by atoms with Crippen LogP contribution in [-0.4, -0.2) is 0 Å². The normalized spacial score (nSPS) is 18.4. The van der Waals surface area contributed by atoms with Crippen molar-refractivity contribution in [1.29, 1.82) is 0 Å². The quantitative estimate of drug-likeness (QED) is 0.353. The molecule has 1 fully saturated rings. The van der Waals surface area contributed by atoms with E-state index in [1.165, 1.54) is 63.4 Å². The molecule has 0 unspecified atom stereocenters. The van der Waals surface area contributed by atoms with Gasteiger partial charge in [0.25, 0.3) is 0 Å². The van der Waals surface area contributed by atoms with Crippen LogP contribution < -0.4 is 0 Å². The fourth-order valence-electron chi connectivity index (χ4n) is 2.82. The van der Waals surface area contributed by atoms with Gasteiger partial charge in [-0.05, 0) is 31.6 Å². The molecule has 0 heteroatoms. The Labute approximate surface area is 114 Å². The van der Waals surface area contributed by atoms with Crippen molar-refractivity contribution in [1.82, 2.24) is 0 Å². The molecule has 18 heavy (non-hydrogen) atoms. The first-order valence-corrected chi connectivity index (χ1v) is 7.83. The zero-order valence-corrected chi connectivity index (χ0v) is 12.2. The number of hydrogen-bond acceptors (Lipinski definition) is 0. The van der Waals surface area contributed by atoms with Crippen molar-refractivity contribution in [2.45, 2.75) is 71.1 Å². The fourth-order valence-corrected chi connectivity index (χ4v) is 2.82. The van der Waals surface area contributed by atoms with Crippen LogP contribution in [0.25, 0.3) is 0 Å². The highest BCUT2D eigenvalue weighted by atomic mass is 14.2. The van der Waals surface area contributed by atoms with Crippen molar-refractivity contribution in [2.75, 3.05) is 0 Å². The molecule has 0 radical (unpaired) electrons. The Morgan fingerprint density at radius 2 is 2.00 bits per heavy atom. The summed E-state index contributed by atoms with van der Waals surface area (Å²) >= 11 is 0. The van der Waals surface area contributed by atoms with E-state index in [9.17, 15) is 0 Å². The Kier molecular flexibility index (Phi) is 8.63. The van der Waals surface area contributed by atoms with E-state index >= 15 is 0 Å². The molecule has 0 saturated heterocycles. The maximum Gasteiger partial charge on any atom is -0.0166 e. The predicted molar refractivity (Wildman–Crippen MR) is 82.8 cm³/mol. The molecule has 0 bridgehead atoms. The average Bonchev–Trinajstić information content (AvgIpc) is 2.42. The van der Waals surface area contributed by atoms with E-state index in [2.05, 4.69) is 31.7 Å². The molecule has 102 valence electrons. The zero-order valence-electron chi connectivity index (χ0n) is 12.2. The minimum Gasteiger partial charge on any atom is -0.103 e. The highest BCUT2D eigenvalue weighted by molar-refractivity contribution is 5.19. The monoisotopic (exact) mass is 246 g/mol. The topological polar surface area (TPSA) is 0 Å². The lowest BCUT2D eigenvalue weighted by Crippen LogP contribution is -2.05. The van der Waals surface area contributed by atoms with Crippen LogP contribution in [0.5, 0.6) is 0 Å². The number of allylic oxidation sites excluding steroid dienone is 5. The molecule has 0 nitrogen and oxygen atoms in total. The molecular weight excluding hydrogens is 216 g/mol. The second-order valence-electron chi connectivity index (χ2n) is 5.54. The van der Waals surface area contributed by atoms with Gasteiger partial charge >= 0.3 is 0 Å². The molecule has 0 aromatic heterocycles. The minimum absolute atomic E-state index is 1.00. The second-order valence-corrected chi connectivity index (χ2v) is 5.54. The summed E-state index contributed by atoms with van der Waals surface area (Å²) in [6, 6.07) is 0. The average molecular weight is 246 g/mol. The first kappa shape index (κ1) is 15.3. The lowest BCUT2D eigenvalue weighted by Gasteiger charge is -2.20. The molecule has 0 N–H and O–H groups in total. The lowest BCUT2D eigenvalue weighted by atomic mass is 9.86. The summed E-state index contributed by atoms with van der Waals surface area (Å²) in [6.45, 7) is 6.03. The highest BCUT2D eigenvalue weighted by Crippen LogP contribution is 2.27. The van der Waals surface area contributed by atoms with Crippen LogP contribution >= 0.6 is 0 Å². The van der Waals surface area contributed by atoms with Crippen LogP contribution in [0.3, 0.4) is 0 Å². The van der Waals surface area contributed by atoms with Crippen molar-refractivity contribution >= 4 is 0 Å². The van der Waals surface area contributed by atoms with Crippen molar-refractivity contribution in [3.8, 4) is 0 Å². The zero-order chi connectivity index (χ0) is 13.1. The molecule has 0 spiro atoms. The Bertz CT molecular complexity index is 264. The van der Waals surface area contributed by atoms with E-state index in [1.54, 1.807) is 0 Å². The summed E-state index contributed by atoms with van der Waals surface area (Å²) in [6.07, 6.45) is 22.5. The molecule has 0 aliphatic heterocycles. The van der Waals surface area contributed by atoms with Crippen LogP contribution in [0, 0.1) is 5.92 Å². The summed E-state index contributed by atoms with van der Waals surface area (Å²) in [7, 11) is 0. The number of rotatable bonds is 8. The van der Waals surface area contributed by atoms with Crippen LogP contribution in [0.15, 0.2) is 36.5 Å². The van der Waals surface area contributed by atoms with Crippen LogP contribution in [0.2, 0.25) is 0 Å². The second kappa shape index (κ2) is 10.2. The molecule has 0 amide bonds. The molecule has 0 aromatic carbocycles. The standard InChI is InChI=1S/C18H30/c1-3-5-12-17(11-4-2)15-9-10-16-18-13-7-6-8-14-18/h3,9,12,15,18H,1,4-8,10-11,13-14,16H2,2H3. The van der Waals surface area contributed by atoms with Crippen LogP contribution in [0.1, 0.15) is 71.1 Å². The van der Waals surface area contributed by atoms with Crippen molar-refractivity contribution in [3.05, 3.63) is 36.5 Å². The van der Waals surface area contributed by atoms with Gasteiger partial charge in [0.2, 0.25) is 0 Å². The van der Waals surface area contributed by atoms with E-state index in [4.69, 9.17) is 0 Å². The summed E-state index contributed by atoms with van der Waals surface area (Å²) in [5.74, 6) is 1.01. The molecule has 1 aliphatic rings. The van der Waals surface area contributed by atoms with Gasteiger partial charge in [0, 0.05) is 0 Å². The van der Waals surface area contributed by atoms with Gasteiger partial charge in [-0.2, -0.15) is 0 Å². The first-order valence-electron chi connectivity index (χ1n) is 7.83. The van der Waals surface area contributed by atoms with Gasteiger partial charge in [0.15, 0.2) is 0 Å². The third-order valence-electron chi connectivity index (χ3n) is 3.88. The number of hydrogen-bond donors (Lipinski definition) is 0. The molecule has 1 saturated carbocycles. The lowest BCUT2D eigenvalue weighted by molar-refractivity contribution is 0.341. The minimum atomic E-state index is 1.00. The molecule has 0 aromatic rings. The van der Waals surface area contributed by atoms with Gasteiger partial charge in [-0.1, -0.05) is 75.3 Å². The summed E-state index contributed by atoms with van der Waals surface area (Å²) < 4.78 is 0. The van der Waals surface area contributed by atoms with Crippen molar-refractivity contribution in [2.24, 2.45) is 5.92 Å². The summed E-state index contributed by atoms with van der Waals surface area (Å²) in [4.78, 5) is 0. The molecule has 0 atom stereocenters.